The van der Waals surface area contributed by atoms with Crippen LogP contribution in [0.4, 0.5) is 11.4 Å². The van der Waals surface area contributed by atoms with Gasteiger partial charge in [0, 0.05) is 30.4 Å². The Hall–Kier alpha value is -1.95. The summed E-state index contributed by atoms with van der Waals surface area (Å²) in [4.78, 5) is 12.7. The first kappa shape index (κ1) is 15.3. The molecule has 1 aromatic rings. The molecule has 0 amide bonds. The standard InChI is InChI=1S/C19H21N3O2S/c23-22(24)13-4-5-18-11(8-13)6-7-21(18)19(25)20-17-10-12-9-16(17)15-3-1-2-14(12)15/h1,3-5,8,12,14-17H,2,6-7,9-10H2,(H,20,25)/t12-,14-,15+,16-,17-/m1/s1. The van der Waals surface area contributed by atoms with Crippen molar-refractivity contribution < 1.29 is 4.92 Å². The van der Waals surface area contributed by atoms with Crippen LogP contribution in [0.1, 0.15) is 24.8 Å². The average molecular weight is 355 g/mol. The van der Waals surface area contributed by atoms with Crippen molar-refractivity contribution in [1.82, 2.24) is 5.32 Å². The summed E-state index contributed by atoms with van der Waals surface area (Å²) in [6.45, 7) is 0.801. The number of thiocarbonyl (C=S) groups is 1. The highest BCUT2D eigenvalue weighted by Crippen LogP contribution is 2.56. The summed E-state index contributed by atoms with van der Waals surface area (Å²) in [5.74, 6) is 3.18. The van der Waals surface area contributed by atoms with Crippen LogP contribution in [0.3, 0.4) is 0 Å². The monoisotopic (exact) mass is 355 g/mol. The van der Waals surface area contributed by atoms with Gasteiger partial charge in [-0.3, -0.25) is 10.1 Å². The first-order valence-corrected chi connectivity index (χ1v) is 9.54. The SMILES string of the molecule is O=[N+]([O-])c1ccc2c(c1)CCN2C(=S)N[C@@H]1C[C@H]2C[C@@H]1[C@H]1C=CC[C@H]21. The number of allylic oxidation sites excluding steroid dienone is 2. The van der Waals surface area contributed by atoms with E-state index in [9.17, 15) is 10.1 Å². The smallest absolute Gasteiger partial charge is 0.269 e. The van der Waals surface area contributed by atoms with E-state index in [4.69, 9.17) is 12.2 Å². The van der Waals surface area contributed by atoms with Gasteiger partial charge in [-0.05, 0) is 73.2 Å². The van der Waals surface area contributed by atoms with E-state index in [1.54, 1.807) is 12.1 Å². The molecule has 0 saturated heterocycles. The van der Waals surface area contributed by atoms with Crippen molar-refractivity contribution >= 4 is 28.7 Å². The number of rotatable bonds is 2. The molecular formula is C19H21N3O2S. The van der Waals surface area contributed by atoms with Crippen LogP contribution in [0.2, 0.25) is 0 Å². The van der Waals surface area contributed by atoms with Gasteiger partial charge in [0.25, 0.3) is 5.69 Å². The van der Waals surface area contributed by atoms with Crippen LogP contribution in [-0.2, 0) is 6.42 Å². The molecule has 0 aromatic heterocycles. The summed E-state index contributed by atoms with van der Waals surface area (Å²) in [7, 11) is 0. The van der Waals surface area contributed by atoms with Crippen molar-refractivity contribution in [3.8, 4) is 0 Å². The van der Waals surface area contributed by atoms with Gasteiger partial charge in [-0.2, -0.15) is 0 Å². The molecular weight excluding hydrogens is 334 g/mol. The second-order valence-electron chi connectivity index (χ2n) is 7.83. The van der Waals surface area contributed by atoms with E-state index in [2.05, 4.69) is 22.4 Å². The molecule has 3 aliphatic carbocycles. The predicted molar refractivity (Wildman–Crippen MR) is 101 cm³/mol. The lowest BCUT2D eigenvalue weighted by molar-refractivity contribution is -0.384. The number of nitro groups is 1. The number of nitro benzene ring substituents is 1. The number of nitrogens with zero attached hydrogens (tertiary/aromatic N) is 2. The lowest BCUT2D eigenvalue weighted by atomic mass is 9.79. The maximum Gasteiger partial charge on any atom is 0.269 e. The molecule has 2 fully saturated rings. The summed E-state index contributed by atoms with van der Waals surface area (Å²) in [5, 5.41) is 15.4. The molecule has 6 heteroatoms. The summed E-state index contributed by atoms with van der Waals surface area (Å²) in [5.41, 5.74) is 2.20. The predicted octanol–water partition coefficient (Wildman–Crippen LogP) is 3.43. The molecule has 2 saturated carbocycles. The minimum atomic E-state index is -0.333. The quantitative estimate of drug-likeness (QED) is 0.381. The molecule has 1 aromatic carbocycles. The van der Waals surface area contributed by atoms with Crippen molar-refractivity contribution in [3.05, 3.63) is 46.0 Å². The molecule has 1 N–H and O–H groups in total. The maximum atomic E-state index is 11.0. The van der Waals surface area contributed by atoms with Crippen LogP contribution in [0.25, 0.3) is 0 Å². The van der Waals surface area contributed by atoms with E-state index in [-0.39, 0.29) is 10.6 Å². The van der Waals surface area contributed by atoms with Gasteiger partial charge in [0.1, 0.15) is 0 Å². The Labute approximate surface area is 152 Å². The van der Waals surface area contributed by atoms with E-state index in [1.165, 1.54) is 19.3 Å². The zero-order valence-corrected chi connectivity index (χ0v) is 14.7. The van der Waals surface area contributed by atoms with Gasteiger partial charge >= 0.3 is 0 Å². The van der Waals surface area contributed by atoms with Gasteiger partial charge < -0.3 is 10.2 Å². The zero-order chi connectivity index (χ0) is 17.1. The molecule has 25 heavy (non-hydrogen) atoms. The Morgan fingerprint density at radius 3 is 3.04 bits per heavy atom. The highest BCUT2D eigenvalue weighted by molar-refractivity contribution is 7.80. The molecule has 4 aliphatic rings. The van der Waals surface area contributed by atoms with Gasteiger partial charge in [-0.15, -0.1) is 0 Å². The summed E-state index contributed by atoms with van der Waals surface area (Å²) < 4.78 is 0. The second-order valence-corrected chi connectivity index (χ2v) is 8.21. The Kier molecular flexibility index (Phi) is 3.39. The van der Waals surface area contributed by atoms with Crippen LogP contribution < -0.4 is 10.2 Å². The van der Waals surface area contributed by atoms with Gasteiger partial charge in [0.15, 0.2) is 5.11 Å². The molecule has 5 atom stereocenters. The third-order valence-corrected chi connectivity index (χ3v) is 7.07. The second kappa shape index (κ2) is 5.53. The molecule has 130 valence electrons. The van der Waals surface area contributed by atoms with Gasteiger partial charge in [0.05, 0.1) is 4.92 Å². The number of hydrogen-bond donors (Lipinski definition) is 1. The zero-order valence-electron chi connectivity index (χ0n) is 13.9. The molecule has 5 nitrogen and oxygen atoms in total. The highest BCUT2D eigenvalue weighted by Gasteiger charge is 2.52. The third kappa shape index (κ3) is 2.30. The van der Waals surface area contributed by atoms with Crippen LogP contribution >= 0.6 is 12.2 Å². The Bertz CT molecular complexity index is 793. The Morgan fingerprint density at radius 2 is 2.20 bits per heavy atom. The number of fused-ring (bicyclic) bond motifs is 6. The molecule has 0 unspecified atom stereocenters. The number of benzene rings is 1. The largest absolute Gasteiger partial charge is 0.359 e. The minimum Gasteiger partial charge on any atom is -0.359 e. The Morgan fingerprint density at radius 1 is 1.32 bits per heavy atom. The molecule has 1 aliphatic heterocycles. The van der Waals surface area contributed by atoms with Crippen molar-refractivity contribution in [2.24, 2.45) is 23.7 Å². The van der Waals surface area contributed by atoms with Crippen LogP contribution in [-0.4, -0.2) is 22.6 Å². The van der Waals surface area contributed by atoms with Crippen LogP contribution in [0.5, 0.6) is 0 Å². The molecule has 1 heterocycles. The van der Waals surface area contributed by atoms with Crippen molar-refractivity contribution in [1.29, 1.82) is 0 Å². The fraction of sp³-hybridized carbons (Fsp3) is 0.526. The minimum absolute atomic E-state index is 0.159. The number of hydrogen-bond acceptors (Lipinski definition) is 3. The lowest BCUT2D eigenvalue weighted by Crippen LogP contribution is -2.48. The fourth-order valence-corrected chi connectivity index (χ4v) is 6.00. The van der Waals surface area contributed by atoms with Crippen LogP contribution in [0, 0.1) is 33.8 Å². The first-order chi connectivity index (χ1) is 12.1. The summed E-state index contributed by atoms with van der Waals surface area (Å²) >= 11 is 5.71. The molecule has 0 spiro atoms. The van der Waals surface area contributed by atoms with Crippen molar-refractivity contribution in [2.75, 3.05) is 11.4 Å². The van der Waals surface area contributed by atoms with E-state index in [1.807, 2.05) is 6.07 Å². The maximum absolute atomic E-state index is 11.0. The molecule has 0 radical (unpaired) electrons. The Balaban J connectivity index is 1.31. The fourth-order valence-electron chi connectivity index (χ4n) is 5.66. The van der Waals surface area contributed by atoms with Gasteiger partial charge in [-0.25, -0.2) is 0 Å². The van der Waals surface area contributed by atoms with E-state index in [0.29, 0.717) is 12.0 Å². The number of anilines is 1. The number of nitrogens with one attached hydrogen (secondary N) is 1. The average Bonchev–Trinajstić information content (AvgIpc) is 3.34. The van der Waals surface area contributed by atoms with E-state index >= 15 is 0 Å². The van der Waals surface area contributed by atoms with E-state index in [0.717, 1.165) is 47.1 Å². The van der Waals surface area contributed by atoms with Crippen molar-refractivity contribution in [3.63, 3.8) is 0 Å². The topological polar surface area (TPSA) is 58.4 Å². The molecule has 2 bridgehead atoms. The third-order valence-electron chi connectivity index (χ3n) is 6.73. The van der Waals surface area contributed by atoms with Crippen molar-refractivity contribution in [2.45, 2.75) is 31.7 Å². The highest BCUT2D eigenvalue weighted by atomic mass is 32.1. The van der Waals surface area contributed by atoms with E-state index < -0.39 is 0 Å². The normalized spacial score (nSPS) is 34.2. The van der Waals surface area contributed by atoms with Gasteiger partial charge in [-0.1, -0.05) is 12.2 Å². The summed E-state index contributed by atoms with van der Waals surface area (Å²) in [6, 6.07) is 5.57. The van der Waals surface area contributed by atoms with Gasteiger partial charge in [0.2, 0.25) is 0 Å². The first-order valence-electron chi connectivity index (χ1n) is 9.14. The van der Waals surface area contributed by atoms with Crippen LogP contribution in [0.15, 0.2) is 30.4 Å². The summed E-state index contributed by atoms with van der Waals surface area (Å²) in [6.07, 6.45) is 9.43. The number of non-ortho nitro benzene ring substituents is 1. The molecule has 5 rings (SSSR count). The lowest BCUT2D eigenvalue weighted by Gasteiger charge is -2.34.